The number of amides is 2. The van der Waals surface area contributed by atoms with Crippen LogP contribution in [0.15, 0.2) is 46.9 Å². The van der Waals surface area contributed by atoms with Crippen molar-refractivity contribution in [1.29, 1.82) is 0 Å². The van der Waals surface area contributed by atoms with Crippen LogP contribution >= 0.6 is 15.9 Å². The fourth-order valence-electron chi connectivity index (χ4n) is 5.31. The van der Waals surface area contributed by atoms with Gasteiger partial charge < -0.3 is 25.0 Å². The van der Waals surface area contributed by atoms with Crippen LogP contribution in [0.3, 0.4) is 0 Å². The number of hydrogen-bond donors (Lipinski definition) is 2. The number of fused-ring (bicyclic) bond motifs is 1. The van der Waals surface area contributed by atoms with Crippen LogP contribution < -0.4 is 20.1 Å². The molecule has 1 aliphatic carbocycles. The Labute approximate surface area is 192 Å². The smallest absolute Gasteiger partial charge is 0.319 e. The normalized spacial score (nSPS) is 25.5. The highest BCUT2D eigenvalue weighted by molar-refractivity contribution is 9.10. The maximum Gasteiger partial charge on any atom is 0.319 e. The third-order valence-electron chi connectivity index (χ3n) is 6.90. The molecule has 166 valence electrons. The van der Waals surface area contributed by atoms with E-state index in [1.807, 2.05) is 30.3 Å². The van der Waals surface area contributed by atoms with Gasteiger partial charge >= 0.3 is 6.03 Å². The van der Waals surface area contributed by atoms with Crippen LogP contribution in [0, 0.1) is 0 Å². The van der Waals surface area contributed by atoms with Crippen molar-refractivity contribution in [3.63, 3.8) is 0 Å². The zero-order valence-corrected chi connectivity index (χ0v) is 19.9. The lowest BCUT2D eigenvalue weighted by atomic mass is 9.65. The zero-order valence-electron chi connectivity index (χ0n) is 18.3. The van der Waals surface area contributed by atoms with E-state index in [-0.39, 0.29) is 17.5 Å². The maximum absolute atomic E-state index is 12.6. The lowest BCUT2D eigenvalue weighted by Crippen LogP contribution is -2.52. The Morgan fingerprint density at radius 1 is 1.13 bits per heavy atom. The van der Waals surface area contributed by atoms with Crippen LogP contribution in [0.1, 0.15) is 31.2 Å². The van der Waals surface area contributed by atoms with E-state index in [0.29, 0.717) is 6.04 Å². The van der Waals surface area contributed by atoms with E-state index in [0.717, 1.165) is 53.9 Å². The number of ether oxygens (including phenoxy) is 2. The standard InChI is InChI=1S/C24H30BrN3O3/c1-28-12-11-24(16-7-8-20(30-2)21(13-16)31-3)10-9-19(15-22(24)28)27-23(29)26-18-6-4-5-17(25)14-18/h4-8,13-14,19,22H,9-12,15H2,1-3H3,(H2,26,27,29)/t19-,22+,24-/m0/s1. The van der Waals surface area contributed by atoms with Gasteiger partial charge in [-0.1, -0.05) is 28.1 Å². The molecule has 2 aromatic carbocycles. The summed E-state index contributed by atoms with van der Waals surface area (Å²) in [5, 5.41) is 6.14. The van der Waals surface area contributed by atoms with Crippen LogP contribution in [0.4, 0.5) is 10.5 Å². The van der Waals surface area contributed by atoms with Crippen LogP contribution in [0.5, 0.6) is 11.5 Å². The first-order valence-electron chi connectivity index (χ1n) is 10.7. The predicted molar refractivity (Wildman–Crippen MR) is 126 cm³/mol. The Morgan fingerprint density at radius 2 is 1.94 bits per heavy atom. The zero-order chi connectivity index (χ0) is 22.0. The van der Waals surface area contributed by atoms with Crippen molar-refractivity contribution in [2.75, 3.05) is 33.1 Å². The average molecular weight is 488 g/mol. The largest absolute Gasteiger partial charge is 0.493 e. The fraction of sp³-hybridized carbons (Fsp3) is 0.458. The summed E-state index contributed by atoms with van der Waals surface area (Å²) in [6, 6.07) is 14.3. The first kappa shape index (κ1) is 22.0. The third-order valence-corrected chi connectivity index (χ3v) is 7.40. The summed E-state index contributed by atoms with van der Waals surface area (Å²) in [4.78, 5) is 15.0. The van der Waals surface area contributed by atoms with Crippen LogP contribution in [0.2, 0.25) is 0 Å². The van der Waals surface area contributed by atoms with Crippen molar-refractivity contribution in [2.24, 2.45) is 0 Å². The molecular formula is C24H30BrN3O3. The number of hydrogen-bond acceptors (Lipinski definition) is 4. The first-order valence-corrected chi connectivity index (χ1v) is 11.5. The number of likely N-dealkylation sites (N-methyl/N-ethyl adjacent to an activating group) is 1. The van der Waals surface area contributed by atoms with Gasteiger partial charge in [0.1, 0.15) is 0 Å². The molecule has 0 unspecified atom stereocenters. The second-order valence-corrected chi connectivity index (χ2v) is 9.47. The number of carbonyl (C=O) groups is 1. The molecule has 31 heavy (non-hydrogen) atoms. The number of methoxy groups -OCH3 is 2. The molecule has 4 rings (SSSR count). The fourth-order valence-corrected chi connectivity index (χ4v) is 5.71. The van der Waals surface area contributed by atoms with Crippen molar-refractivity contribution in [3.8, 4) is 11.5 Å². The second-order valence-electron chi connectivity index (χ2n) is 8.55. The van der Waals surface area contributed by atoms with Gasteiger partial charge in [-0.3, -0.25) is 0 Å². The van der Waals surface area contributed by atoms with E-state index >= 15 is 0 Å². The Hall–Kier alpha value is -2.25. The van der Waals surface area contributed by atoms with Gasteiger partial charge in [-0.25, -0.2) is 4.79 Å². The number of likely N-dealkylation sites (tertiary alicyclic amines) is 1. The van der Waals surface area contributed by atoms with Gasteiger partial charge in [-0.05, 0) is 75.2 Å². The summed E-state index contributed by atoms with van der Waals surface area (Å²) in [6.45, 7) is 1.05. The minimum absolute atomic E-state index is 0.0766. The molecule has 7 heteroatoms. The number of carbonyl (C=O) groups excluding carboxylic acids is 1. The van der Waals surface area contributed by atoms with E-state index in [2.05, 4.69) is 50.6 Å². The Bertz CT molecular complexity index is 953. The highest BCUT2D eigenvalue weighted by atomic mass is 79.9. The Kier molecular flexibility index (Phi) is 6.44. The van der Waals surface area contributed by atoms with Crippen molar-refractivity contribution in [3.05, 3.63) is 52.5 Å². The second kappa shape index (κ2) is 9.09. The number of benzene rings is 2. The van der Waals surface area contributed by atoms with Crippen LogP contribution in [-0.4, -0.2) is 50.8 Å². The van der Waals surface area contributed by atoms with Crippen molar-refractivity contribution < 1.29 is 14.3 Å². The van der Waals surface area contributed by atoms with Crippen molar-refractivity contribution in [1.82, 2.24) is 10.2 Å². The third kappa shape index (κ3) is 4.39. The number of urea groups is 1. The molecular weight excluding hydrogens is 458 g/mol. The molecule has 2 aliphatic rings. The molecule has 0 aromatic heterocycles. The quantitative estimate of drug-likeness (QED) is 0.636. The molecule has 0 spiro atoms. The van der Waals surface area contributed by atoms with E-state index < -0.39 is 0 Å². The van der Waals surface area contributed by atoms with Gasteiger partial charge in [-0.15, -0.1) is 0 Å². The lowest BCUT2D eigenvalue weighted by molar-refractivity contribution is 0.156. The average Bonchev–Trinajstić information content (AvgIpc) is 3.10. The predicted octanol–water partition coefficient (Wildman–Crippen LogP) is 4.78. The SMILES string of the molecule is COc1ccc([C@@]23CC[C@H](NC(=O)Nc4cccc(Br)c4)C[C@H]2N(C)CC3)cc1OC. The topological polar surface area (TPSA) is 62.8 Å². The summed E-state index contributed by atoms with van der Waals surface area (Å²) in [6.07, 6.45) is 4.02. The monoisotopic (exact) mass is 487 g/mol. The van der Waals surface area contributed by atoms with E-state index in [4.69, 9.17) is 9.47 Å². The summed E-state index contributed by atoms with van der Waals surface area (Å²) in [5.41, 5.74) is 2.16. The Balaban J connectivity index is 1.48. The number of anilines is 1. The molecule has 1 heterocycles. The highest BCUT2D eigenvalue weighted by Gasteiger charge is 2.50. The first-order chi connectivity index (χ1) is 14.9. The summed E-state index contributed by atoms with van der Waals surface area (Å²) >= 11 is 3.44. The minimum Gasteiger partial charge on any atom is -0.493 e. The number of nitrogens with zero attached hydrogens (tertiary/aromatic N) is 1. The summed E-state index contributed by atoms with van der Waals surface area (Å²) < 4.78 is 11.9. The molecule has 0 radical (unpaired) electrons. The molecule has 2 amide bonds. The van der Waals surface area contributed by atoms with E-state index in [1.54, 1.807) is 14.2 Å². The minimum atomic E-state index is -0.151. The molecule has 3 atom stereocenters. The molecule has 2 N–H and O–H groups in total. The molecule has 0 bridgehead atoms. The van der Waals surface area contributed by atoms with Crippen LogP contribution in [0.25, 0.3) is 0 Å². The van der Waals surface area contributed by atoms with E-state index in [1.165, 1.54) is 5.56 Å². The maximum atomic E-state index is 12.6. The summed E-state index contributed by atoms with van der Waals surface area (Å²) in [5.74, 6) is 1.53. The van der Waals surface area contributed by atoms with Gasteiger partial charge in [0.25, 0.3) is 0 Å². The van der Waals surface area contributed by atoms with Gasteiger partial charge in [0, 0.05) is 27.7 Å². The van der Waals surface area contributed by atoms with E-state index in [9.17, 15) is 4.79 Å². The van der Waals surface area contributed by atoms with Gasteiger partial charge in [0.05, 0.1) is 14.2 Å². The number of rotatable bonds is 5. The van der Waals surface area contributed by atoms with Crippen molar-refractivity contribution >= 4 is 27.6 Å². The molecule has 2 aromatic rings. The van der Waals surface area contributed by atoms with Gasteiger partial charge in [0.2, 0.25) is 0 Å². The van der Waals surface area contributed by atoms with Crippen LogP contribution in [-0.2, 0) is 5.41 Å². The van der Waals surface area contributed by atoms with Gasteiger partial charge in [0.15, 0.2) is 11.5 Å². The number of halogens is 1. The number of nitrogens with one attached hydrogen (secondary N) is 2. The van der Waals surface area contributed by atoms with Gasteiger partial charge in [-0.2, -0.15) is 0 Å². The molecule has 1 aliphatic heterocycles. The molecule has 6 nitrogen and oxygen atoms in total. The van der Waals surface area contributed by atoms with Crippen molar-refractivity contribution in [2.45, 2.75) is 43.2 Å². The molecule has 1 saturated carbocycles. The molecule has 2 fully saturated rings. The summed E-state index contributed by atoms with van der Waals surface area (Å²) in [7, 11) is 5.54. The highest BCUT2D eigenvalue weighted by Crippen LogP contribution is 2.49. The Morgan fingerprint density at radius 3 is 2.68 bits per heavy atom. The lowest BCUT2D eigenvalue weighted by Gasteiger charge is -2.45. The molecule has 1 saturated heterocycles.